The molecule has 0 aliphatic rings. The van der Waals surface area contributed by atoms with E-state index in [0.717, 1.165) is 11.3 Å². The molecule has 0 atom stereocenters. The molecule has 0 saturated heterocycles. The number of nitrogens with zero attached hydrogens (tertiary/aromatic N) is 2. The van der Waals surface area contributed by atoms with Crippen molar-refractivity contribution >= 4 is 45.0 Å². The maximum Gasteiger partial charge on any atom is 0.349 e. The van der Waals surface area contributed by atoms with Crippen LogP contribution in [-0.2, 0) is 14.8 Å². The van der Waals surface area contributed by atoms with Gasteiger partial charge in [-0.05, 0) is 17.7 Å². The van der Waals surface area contributed by atoms with Crippen LogP contribution in [0.5, 0.6) is 0 Å². The number of thiophene rings is 1. The Hall–Kier alpha value is -1.59. The summed E-state index contributed by atoms with van der Waals surface area (Å²) in [5, 5.41) is 8.14. The highest BCUT2D eigenvalue weighted by Crippen LogP contribution is 2.24. The summed E-state index contributed by atoms with van der Waals surface area (Å²) in [6.45, 7) is 0. The molecule has 0 unspecified atom stereocenters. The fourth-order valence-electron chi connectivity index (χ4n) is 1.32. The summed E-state index contributed by atoms with van der Waals surface area (Å²) >= 11 is 2.25. The highest BCUT2D eigenvalue weighted by atomic mass is 32.2. The van der Waals surface area contributed by atoms with Crippen LogP contribution in [0.15, 0.2) is 21.5 Å². The highest BCUT2D eigenvalue weighted by molar-refractivity contribution is 7.98. The molecule has 0 spiro atoms. The van der Waals surface area contributed by atoms with Gasteiger partial charge in [0.15, 0.2) is 0 Å². The molecular formula is C9H10N4O4S3. The topological polar surface area (TPSA) is 114 Å². The third-order valence-corrected chi connectivity index (χ3v) is 5.12. The van der Waals surface area contributed by atoms with Crippen LogP contribution in [0.4, 0.5) is 5.95 Å². The zero-order valence-corrected chi connectivity index (χ0v) is 12.9. The van der Waals surface area contributed by atoms with E-state index in [1.165, 1.54) is 30.3 Å². The summed E-state index contributed by atoms with van der Waals surface area (Å²) < 4.78 is 31.2. The number of hydrogen-bond acceptors (Lipinski definition) is 8. The van der Waals surface area contributed by atoms with Crippen molar-refractivity contribution in [2.75, 3.05) is 18.1 Å². The number of methoxy groups -OCH3 is 1. The Morgan fingerprint density at radius 1 is 1.55 bits per heavy atom. The number of hydrogen-bond donors (Lipinski definition) is 2. The van der Waals surface area contributed by atoms with Crippen molar-refractivity contribution < 1.29 is 17.9 Å². The van der Waals surface area contributed by atoms with Crippen LogP contribution in [0.1, 0.15) is 9.67 Å². The van der Waals surface area contributed by atoms with Crippen molar-refractivity contribution in [2.24, 2.45) is 0 Å². The fraction of sp³-hybridized carbons (Fsp3) is 0.222. The lowest BCUT2D eigenvalue weighted by molar-refractivity contribution is 0.0602. The van der Waals surface area contributed by atoms with E-state index in [0.29, 0.717) is 5.16 Å². The van der Waals surface area contributed by atoms with Crippen molar-refractivity contribution in [2.45, 2.75) is 10.1 Å². The first-order valence-corrected chi connectivity index (χ1v) is 8.71. The number of esters is 1. The molecule has 8 nitrogen and oxygen atoms in total. The number of rotatable bonds is 5. The first-order chi connectivity index (χ1) is 9.47. The molecule has 2 aromatic rings. The zero-order valence-electron chi connectivity index (χ0n) is 10.4. The molecule has 0 fully saturated rings. The van der Waals surface area contributed by atoms with Gasteiger partial charge in [-0.2, -0.15) is 4.98 Å². The standard InChI is InChI=1S/C9H10N4O4S3/c1-17-7(14)6-5(3-4-19-6)20(15,16)13-8-10-9(18-2)12-11-8/h3-4H,1-2H3,(H2,10,11,12,13). The minimum atomic E-state index is -3.93. The van der Waals surface area contributed by atoms with Crippen molar-refractivity contribution in [1.29, 1.82) is 0 Å². The van der Waals surface area contributed by atoms with Crippen LogP contribution < -0.4 is 4.72 Å². The molecule has 0 radical (unpaired) electrons. The van der Waals surface area contributed by atoms with Gasteiger partial charge in [-0.15, -0.1) is 16.4 Å². The molecule has 0 aromatic carbocycles. The van der Waals surface area contributed by atoms with Crippen LogP contribution in [-0.4, -0.2) is 42.9 Å². The Balaban J connectivity index is 2.31. The second-order valence-electron chi connectivity index (χ2n) is 3.38. The lowest BCUT2D eigenvalue weighted by Gasteiger charge is -2.04. The average molecular weight is 334 g/mol. The first-order valence-electron chi connectivity index (χ1n) is 5.13. The van der Waals surface area contributed by atoms with Crippen LogP contribution in [0.3, 0.4) is 0 Å². The van der Waals surface area contributed by atoms with Gasteiger partial charge in [0.05, 0.1) is 7.11 Å². The third-order valence-electron chi connectivity index (χ3n) is 2.17. The number of aromatic amines is 1. The maximum atomic E-state index is 12.2. The van der Waals surface area contributed by atoms with E-state index < -0.39 is 16.0 Å². The number of thioether (sulfide) groups is 1. The Kier molecular flexibility index (Phi) is 4.30. The van der Waals surface area contributed by atoms with Crippen LogP contribution in [0.25, 0.3) is 0 Å². The molecule has 11 heteroatoms. The van der Waals surface area contributed by atoms with E-state index >= 15 is 0 Å². The third kappa shape index (κ3) is 2.94. The van der Waals surface area contributed by atoms with Gasteiger partial charge in [-0.25, -0.2) is 23.0 Å². The van der Waals surface area contributed by atoms with Gasteiger partial charge in [0.25, 0.3) is 10.0 Å². The molecule has 0 aliphatic heterocycles. The van der Waals surface area contributed by atoms with E-state index in [2.05, 4.69) is 24.6 Å². The smallest absolute Gasteiger partial charge is 0.349 e. The van der Waals surface area contributed by atoms with Gasteiger partial charge in [-0.1, -0.05) is 11.8 Å². The zero-order chi connectivity index (χ0) is 14.8. The van der Waals surface area contributed by atoms with Gasteiger partial charge in [-0.3, -0.25) is 0 Å². The Morgan fingerprint density at radius 2 is 2.30 bits per heavy atom. The number of ether oxygens (including phenoxy) is 1. The van der Waals surface area contributed by atoms with E-state index in [9.17, 15) is 13.2 Å². The first kappa shape index (κ1) is 14.8. The van der Waals surface area contributed by atoms with Crippen molar-refractivity contribution in [3.8, 4) is 0 Å². The molecule has 108 valence electrons. The van der Waals surface area contributed by atoms with Gasteiger partial charge in [0.2, 0.25) is 11.1 Å². The summed E-state index contributed by atoms with van der Waals surface area (Å²) in [6, 6.07) is 1.32. The van der Waals surface area contributed by atoms with Crippen LogP contribution >= 0.6 is 23.1 Å². The second kappa shape index (κ2) is 5.81. The SMILES string of the molecule is COC(=O)c1sccc1S(=O)(=O)Nc1nc(SC)n[nH]1. The molecule has 0 bridgehead atoms. The minimum Gasteiger partial charge on any atom is -0.465 e. The van der Waals surface area contributed by atoms with Crippen molar-refractivity contribution in [1.82, 2.24) is 15.2 Å². The van der Waals surface area contributed by atoms with Crippen molar-refractivity contribution in [3.05, 3.63) is 16.3 Å². The average Bonchev–Trinajstić information content (AvgIpc) is 3.05. The van der Waals surface area contributed by atoms with Crippen LogP contribution in [0, 0.1) is 0 Å². The predicted molar refractivity (Wildman–Crippen MR) is 74.6 cm³/mol. The molecule has 2 aromatic heterocycles. The Labute approximate surface area is 123 Å². The fourth-order valence-corrected chi connectivity index (χ4v) is 3.93. The number of nitrogens with one attached hydrogen (secondary N) is 2. The van der Waals surface area contributed by atoms with Gasteiger partial charge >= 0.3 is 5.97 Å². The lowest BCUT2D eigenvalue weighted by atomic mass is 10.5. The number of aromatic nitrogens is 3. The minimum absolute atomic E-state index is 0.00426. The molecule has 2 N–H and O–H groups in total. The largest absolute Gasteiger partial charge is 0.465 e. The number of carbonyl (C=O) groups is 1. The molecule has 0 aliphatic carbocycles. The van der Waals surface area contributed by atoms with E-state index in [1.54, 1.807) is 6.26 Å². The summed E-state index contributed by atoms with van der Waals surface area (Å²) in [6.07, 6.45) is 1.76. The quantitative estimate of drug-likeness (QED) is 0.623. The monoisotopic (exact) mass is 334 g/mol. The molecule has 20 heavy (non-hydrogen) atoms. The summed E-state index contributed by atoms with van der Waals surface area (Å²) in [5.41, 5.74) is 0. The Bertz CT molecular complexity index is 721. The summed E-state index contributed by atoms with van der Waals surface area (Å²) in [4.78, 5) is 15.3. The number of carbonyl (C=O) groups excluding carboxylic acids is 1. The molecule has 2 heterocycles. The van der Waals surface area contributed by atoms with Crippen LogP contribution in [0.2, 0.25) is 0 Å². The molecule has 0 amide bonds. The summed E-state index contributed by atoms with van der Waals surface area (Å²) in [7, 11) is -2.75. The van der Waals surface area contributed by atoms with Gasteiger partial charge in [0.1, 0.15) is 9.77 Å². The van der Waals surface area contributed by atoms with Crippen molar-refractivity contribution in [3.63, 3.8) is 0 Å². The van der Waals surface area contributed by atoms with Gasteiger partial charge < -0.3 is 4.74 Å². The number of sulfonamides is 1. The van der Waals surface area contributed by atoms with E-state index in [1.807, 2.05) is 0 Å². The number of H-pyrrole nitrogens is 1. The highest BCUT2D eigenvalue weighted by Gasteiger charge is 2.25. The van der Waals surface area contributed by atoms with E-state index in [4.69, 9.17) is 0 Å². The molecule has 0 saturated carbocycles. The lowest BCUT2D eigenvalue weighted by Crippen LogP contribution is -2.16. The predicted octanol–water partition coefficient (Wildman–Crippen LogP) is 1.18. The summed E-state index contributed by atoms with van der Waals surface area (Å²) in [5.74, 6) is -0.723. The van der Waals surface area contributed by atoms with E-state index in [-0.39, 0.29) is 15.7 Å². The second-order valence-corrected chi connectivity index (χ2v) is 6.72. The van der Waals surface area contributed by atoms with Gasteiger partial charge in [0, 0.05) is 0 Å². The normalized spacial score (nSPS) is 11.3. The number of anilines is 1. The molecular weight excluding hydrogens is 324 g/mol. The molecule has 2 rings (SSSR count). The maximum absolute atomic E-state index is 12.2. The Morgan fingerprint density at radius 3 is 2.90 bits per heavy atom.